The van der Waals surface area contributed by atoms with Crippen LogP contribution in [0.5, 0.6) is 0 Å². The lowest BCUT2D eigenvalue weighted by atomic mass is 15.8. The molecule has 0 aromatic carbocycles. The third kappa shape index (κ3) is 956. The molecule has 0 aromatic rings. The van der Waals surface area contributed by atoms with E-state index < -0.39 is 10.8 Å². The highest BCUT2D eigenvalue weighted by molar-refractivity contribution is 6.04. The van der Waals surface area contributed by atoms with Gasteiger partial charge in [-0.05, 0) is 0 Å². The molecule has 0 aliphatic rings. The maximum atomic E-state index is 8.52. The Morgan fingerprint density at radius 1 is 1.33 bits per heavy atom. The van der Waals surface area contributed by atoms with E-state index in [-0.39, 0.29) is 11.3 Å². The number of halogens is 3. The lowest BCUT2D eigenvalue weighted by Gasteiger charge is -1.72. The minimum absolute atomic E-state index is 0.167. The lowest BCUT2D eigenvalue weighted by Crippen LogP contribution is -2.30. The zero-order valence-electron chi connectivity index (χ0n) is 3.70. The molecule has 0 aliphatic heterocycles. The number of hydrogen-bond donors (Lipinski definition) is 3. The molecule has 0 bridgehead atoms. The maximum Gasteiger partial charge on any atom is 0.327 e. The largest absolute Gasteiger partial charge is 0.506 e. The molecular formula is H3Cl3O6. The molecule has 0 amide bonds. The van der Waals surface area contributed by atoms with E-state index in [0.717, 1.165) is 0 Å². The minimum Gasteiger partial charge on any atom is -0.506 e. The fraction of sp³-hybridized carbons (Fsp3) is 0. The fourth-order valence-corrected chi connectivity index (χ4v) is 0. The second-order valence-corrected chi connectivity index (χ2v) is 0.810. The quantitative estimate of drug-likeness (QED) is 0.365. The molecular weight excluding hydrogens is 202 g/mol. The van der Waals surface area contributed by atoms with Gasteiger partial charge in [0.2, 0.25) is 0 Å². The van der Waals surface area contributed by atoms with E-state index in [0.29, 0.717) is 0 Å². The van der Waals surface area contributed by atoms with Crippen molar-refractivity contribution >= 4 is 11.9 Å². The van der Waals surface area contributed by atoms with E-state index in [9.17, 15) is 0 Å². The summed E-state index contributed by atoms with van der Waals surface area (Å²) in [7, 11) is -2.60. The molecule has 0 atom stereocenters. The van der Waals surface area contributed by atoms with Crippen molar-refractivity contribution in [2.24, 2.45) is 0 Å². The van der Waals surface area contributed by atoms with Gasteiger partial charge in [0, 0.05) is 4.66 Å². The summed E-state index contributed by atoms with van der Waals surface area (Å²) in [5.74, 6) is 0. The van der Waals surface area contributed by atoms with Crippen LogP contribution >= 0.6 is 11.9 Å². The molecule has 9 heavy (non-hydrogen) atoms. The molecule has 0 rings (SSSR count). The van der Waals surface area contributed by atoms with Crippen LogP contribution < -0.4 is 14.0 Å². The van der Waals surface area contributed by atoms with E-state index in [1.54, 1.807) is 0 Å². The Morgan fingerprint density at radius 2 is 1.33 bits per heavy atom. The lowest BCUT2D eigenvalue weighted by molar-refractivity contribution is -1.63. The van der Waals surface area contributed by atoms with Crippen LogP contribution in [0.15, 0.2) is 0 Å². The Kier molecular flexibility index (Phi) is 42.5. The molecule has 0 saturated heterocycles. The molecule has 0 aromatic heterocycles. The van der Waals surface area contributed by atoms with Gasteiger partial charge in [-0.2, -0.15) is 0 Å². The van der Waals surface area contributed by atoms with Crippen LogP contribution in [0, 0.1) is 22.1 Å². The molecule has 0 fully saturated rings. The van der Waals surface area contributed by atoms with Gasteiger partial charge < -0.3 is 14.0 Å². The molecule has 0 unspecified atom stereocenters. The van der Waals surface area contributed by atoms with Gasteiger partial charge in [0.05, 0.1) is 11.9 Å². The second-order valence-electron chi connectivity index (χ2n) is 0.270. The fourth-order valence-electron chi connectivity index (χ4n) is 0. The van der Waals surface area contributed by atoms with Crippen LogP contribution in [0.25, 0.3) is 0 Å². The normalized spacial score (nSPS) is 6.67. The molecule has 60 valence electrons. The Morgan fingerprint density at radius 3 is 1.33 bits per heavy atom. The third-order valence-electron chi connectivity index (χ3n) is 0. The highest BCUT2D eigenvalue weighted by Gasteiger charge is 1.79. The molecule has 6 nitrogen and oxygen atoms in total. The minimum atomic E-state index is -2.60. The molecule has 0 radical (unpaired) electrons. The van der Waals surface area contributed by atoms with Crippen molar-refractivity contribution in [1.82, 2.24) is 0 Å². The summed E-state index contributed by atoms with van der Waals surface area (Å²) in [5, 5.41) is 0. The van der Waals surface area contributed by atoms with Gasteiger partial charge in [-0.1, -0.05) is 0 Å². The zero-order chi connectivity index (χ0) is 8.28. The number of hydrogen-bond acceptors (Lipinski definition) is 6. The maximum absolute atomic E-state index is 8.52. The van der Waals surface area contributed by atoms with Gasteiger partial charge in [0.25, 0.3) is 10.8 Å². The summed E-state index contributed by atoms with van der Waals surface area (Å²) in [6.07, 6.45) is 0. The van der Waals surface area contributed by atoms with Crippen molar-refractivity contribution < 1.29 is 50.1 Å². The summed E-state index contributed by atoms with van der Waals surface area (Å²) >= 11 is 3.47. The van der Waals surface area contributed by atoms with Crippen molar-refractivity contribution in [3.05, 3.63) is 0 Å². The van der Waals surface area contributed by atoms with E-state index in [2.05, 4.69) is 11.9 Å². The van der Waals surface area contributed by atoms with Crippen LogP contribution in [-0.2, 0) is 0 Å². The Labute approximate surface area is 62.6 Å². The average molecular weight is 205 g/mol. The third-order valence-corrected chi connectivity index (χ3v) is 0. The smallest absolute Gasteiger partial charge is 0.327 e. The monoisotopic (exact) mass is 204 g/mol. The first-order valence-electron chi connectivity index (χ1n) is 0.970. The Bertz CT molecular complexity index is 19.5. The van der Waals surface area contributed by atoms with Crippen molar-refractivity contribution in [2.45, 2.75) is 0 Å². The first-order valence-corrected chi connectivity index (χ1v) is 2.91. The van der Waals surface area contributed by atoms with Gasteiger partial charge in [-0.25, -0.2) is 0 Å². The Balaban J connectivity index is -0.0000000646. The van der Waals surface area contributed by atoms with Gasteiger partial charge >= 0.3 is 11.3 Å². The van der Waals surface area contributed by atoms with Crippen molar-refractivity contribution in [3.8, 4) is 0 Å². The van der Waals surface area contributed by atoms with Gasteiger partial charge in [-0.3, -0.25) is 4.66 Å². The first-order chi connectivity index (χ1) is 4.15. The van der Waals surface area contributed by atoms with Gasteiger partial charge in [0.1, 0.15) is 0 Å². The SMILES string of the molecule is OCl.[O-][Cl+2]([O-])O.[O-][Cl+]O. The van der Waals surface area contributed by atoms with Crippen LogP contribution in [-0.4, -0.2) is 14.0 Å². The summed E-state index contributed by atoms with van der Waals surface area (Å²) in [6.45, 7) is 0. The predicted molar refractivity (Wildman–Crippen MR) is 12.5 cm³/mol. The molecule has 9 heteroatoms. The van der Waals surface area contributed by atoms with Gasteiger partial charge in [-0.15, -0.1) is 4.66 Å². The number of rotatable bonds is 0. The highest BCUT2D eigenvalue weighted by Crippen LogP contribution is 1.38. The van der Waals surface area contributed by atoms with E-state index in [1.807, 2.05) is 0 Å². The molecule has 0 aliphatic carbocycles. The van der Waals surface area contributed by atoms with Crippen LogP contribution in [0.2, 0.25) is 0 Å². The van der Waals surface area contributed by atoms with E-state index >= 15 is 0 Å². The summed E-state index contributed by atoms with van der Waals surface area (Å²) in [4.78, 5) is 0. The van der Waals surface area contributed by atoms with Crippen LogP contribution in [0.1, 0.15) is 0 Å². The van der Waals surface area contributed by atoms with Crippen LogP contribution in [0.4, 0.5) is 0 Å². The molecule has 0 spiro atoms. The van der Waals surface area contributed by atoms with Crippen LogP contribution in [0.3, 0.4) is 0 Å². The highest BCUT2D eigenvalue weighted by atomic mass is 35.6. The zero-order valence-corrected chi connectivity index (χ0v) is 5.97. The molecule has 0 saturated carbocycles. The van der Waals surface area contributed by atoms with E-state index in [1.165, 1.54) is 0 Å². The summed E-state index contributed by atoms with van der Waals surface area (Å²) < 4.78 is 45.7. The standard InChI is InChI=1S/ClHO3.ClHO2.ClHO/c2-1(3)4;2-1-3;1-2/h2H;2H;2H. The van der Waals surface area contributed by atoms with E-state index in [4.69, 9.17) is 28.0 Å². The molecule has 0 heterocycles. The topological polar surface area (TPSA) is 130 Å². The van der Waals surface area contributed by atoms with Crippen molar-refractivity contribution in [1.29, 1.82) is 0 Å². The van der Waals surface area contributed by atoms with Crippen molar-refractivity contribution in [2.75, 3.05) is 0 Å². The van der Waals surface area contributed by atoms with Crippen molar-refractivity contribution in [3.63, 3.8) is 0 Å². The average Bonchev–Trinajstić information content (AvgIpc) is 1.71. The predicted octanol–water partition coefficient (Wildman–Crippen LogP) is -4.55. The van der Waals surface area contributed by atoms with Gasteiger partial charge in [0.15, 0.2) is 0 Å². The molecule has 3 N–H and O–H groups in total. The Hall–Kier alpha value is 0.630. The second kappa shape index (κ2) is 23.4. The summed E-state index contributed by atoms with van der Waals surface area (Å²) in [6, 6.07) is 0. The summed E-state index contributed by atoms with van der Waals surface area (Å²) in [5.41, 5.74) is 0. The first kappa shape index (κ1) is 16.3.